The first-order valence-electron chi connectivity index (χ1n) is 5.38. The molecule has 0 saturated carbocycles. The van der Waals surface area contributed by atoms with Gasteiger partial charge in [0.05, 0.1) is 0 Å². The van der Waals surface area contributed by atoms with Crippen molar-refractivity contribution in [3.63, 3.8) is 0 Å². The van der Waals surface area contributed by atoms with Gasteiger partial charge in [0, 0.05) is 18.3 Å². The van der Waals surface area contributed by atoms with Gasteiger partial charge in [-0.3, -0.25) is 0 Å². The monoisotopic (exact) mass is 219 g/mol. The lowest BCUT2D eigenvalue weighted by Crippen LogP contribution is -2.12. The van der Waals surface area contributed by atoms with E-state index in [-0.39, 0.29) is 6.10 Å². The van der Waals surface area contributed by atoms with Gasteiger partial charge in [-0.2, -0.15) is 4.98 Å². The summed E-state index contributed by atoms with van der Waals surface area (Å²) in [6.07, 6.45) is 5.98. The summed E-state index contributed by atoms with van der Waals surface area (Å²) >= 11 is 0. The number of terminal acetylenes is 1. The lowest BCUT2D eigenvalue weighted by Gasteiger charge is -2.10. The Bertz CT molecular complexity index is 384. The van der Waals surface area contributed by atoms with Crippen LogP contribution in [0.3, 0.4) is 0 Å². The maximum atomic E-state index is 5.44. The molecule has 0 fully saturated rings. The average Bonchev–Trinajstić information content (AvgIpc) is 2.25. The predicted molar refractivity (Wildman–Crippen MR) is 64.5 cm³/mol. The highest BCUT2D eigenvalue weighted by molar-refractivity contribution is 5.30. The average molecular weight is 219 g/mol. The molecule has 1 atom stereocenters. The van der Waals surface area contributed by atoms with E-state index in [1.165, 1.54) is 0 Å². The van der Waals surface area contributed by atoms with Crippen molar-refractivity contribution >= 4 is 5.95 Å². The number of nitrogens with one attached hydrogen (secondary N) is 1. The highest BCUT2D eigenvalue weighted by Crippen LogP contribution is 2.13. The molecule has 0 bridgehead atoms. The minimum absolute atomic E-state index is 0.284. The fourth-order valence-corrected chi connectivity index (χ4v) is 1.13. The van der Waals surface area contributed by atoms with Crippen molar-refractivity contribution in [3.8, 4) is 18.2 Å². The second kappa shape index (κ2) is 5.96. The van der Waals surface area contributed by atoms with Gasteiger partial charge >= 0.3 is 0 Å². The molecular formula is C12H17N3O. The van der Waals surface area contributed by atoms with Crippen LogP contribution < -0.4 is 10.1 Å². The van der Waals surface area contributed by atoms with Gasteiger partial charge < -0.3 is 10.1 Å². The minimum Gasteiger partial charge on any atom is -0.461 e. The van der Waals surface area contributed by atoms with Crippen LogP contribution in [0, 0.1) is 19.3 Å². The summed E-state index contributed by atoms with van der Waals surface area (Å²) < 4.78 is 5.44. The Morgan fingerprint density at radius 1 is 1.56 bits per heavy atom. The van der Waals surface area contributed by atoms with E-state index in [1.54, 1.807) is 13.0 Å². The van der Waals surface area contributed by atoms with Crippen molar-refractivity contribution < 1.29 is 4.74 Å². The summed E-state index contributed by atoms with van der Waals surface area (Å²) in [4.78, 5) is 8.47. The van der Waals surface area contributed by atoms with Crippen LogP contribution in [0.5, 0.6) is 5.88 Å². The molecule has 0 aromatic carbocycles. The van der Waals surface area contributed by atoms with Gasteiger partial charge in [-0.05, 0) is 20.3 Å². The van der Waals surface area contributed by atoms with E-state index >= 15 is 0 Å². The topological polar surface area (TPSA) is 47.0 Å². The molecule has 86 valence electrons. The number of ether oxygens (including phenoxy) is 1. The Morgan fingerprint density at radius 2 is 2.31 bits per heavy atom. The van der Waals surface area contributed by atoms with Crippen LogP contribution in [-0.2, 0) is 0 Å². The third-order valence-electron chi connectivity index (χ3n) is 1.90. The molecule has 16 heavy (non-hydrogen) atoms. The van der Waals surface area contributed by atoms with Crippen LogP contribution in [0.1, 0.15) is 26.0 Å². The number of anilines is 1. The zero-order valence-corrected chi connectivity index (χ0v) is 9.95. The molecule has 0 spiro atoms. The SMILES string of the molecule is C#CC(C)Oc1cc(C)nc(NCCC)n1. The molecule has 0 amide bonds. The van der Waals surface area contributed by atoms with Crippen molar-refractivity contribution in [2.24, 2.45) is 0 Å². The van der Waals surface area contributed by atoms with Crippen molar-refractivity contribution in [1.29, 1.82) is 0 Å². The highest BCUT2D eigenvalue weighted by Gasteiger charge is 2.05. The largest absolute Gasteiger partial charge is 0.461 e. The van der Waals surface area contributed by atoms with E-state index in [0.717, 1.165) is 18.7 Å². The molecule has 1 rings (SSSR count). The van der Waals surface area contributed by atoms with Gasteiger partial charge in [0.1, 0.15) is 0 Å². The summed E-state index contributed by atoms with van der Waals surface area (Å²) in [6.45, 7) is 6.62. The van der Waals surface area contributed by atoms with Crippen LogP contribution in [0.25, 0.3) is 0 Å². The molecule has 4 nitrogen and oxygen atoms in total. The number of hydrogen-bond donors (Lipinski definition) is 1. The van der Waals surface area contributed by atoms with Crippen LogP contribution in [0.4, 0.5) is 5.95 Å². The Kier molecular flexibility index (Phi) is 4.59. The third kappa shape index (κ3) is 3.77. The quantitative estimate of drug-likeness (QED) is 0.769. The van der Waals surface area contributed by atoms with E-state index in [9.17, 15) is 0 Å². The molecule has 0 aliphatic heterocycles. The lowest BCUT2D eigenvalue weighted by atomic mass is 10.4. The van der Waals surface area contributed by atoms with E-state index in [1.807, 2.05) is 6.92 Å². The van der Waals surface area contributed by atoms with Crippen LogP contribution in [-0.4, -0.2) is 22.6 Å². The van der Waals surface area contributed by atoms with Gasteiger partial charge in [0.2, 0.25) is 11.8 Å². The standard InChI is InChI=1S/C12H17N3O/c1-5-7-13-12-14-9(3)8-11(15-12)16-10(4)6-2/h2,8,10H,5,7H2,1,3-4H3,(H,13,14,15). The Morgan fingerprint density at radius 3 is 2.94 bits per heavy atom. The van der Waals surface area contributed by atoms with Gasteiger partial charge in [0.25, 0.3) is 0 Å². The van der Waals surface area contributed by atoms with Crippen molar-refractivity contribution in [2.45, 2.75) is 33.3 Å². The third-order valence-corrected chi connectivity index (χ3v) is 1.90. The molecule has 1 N–H and O–H groups in total. The van der Waals surface area contributed by atoms with Gasteiger partial charge in [-0.15, -0.1) is 6.42 Å². The zero-order valence-electron chi connectivity index (χ0n) is 9.95. The Labute approximate surface area is 96.5 Å². The Balaban J connectivity index is 2.77. The second-order valence-electron chi connectivity index (χ2n) is 3.52. The lowest BCUT2D eigenvalue weighted by molar-refractivity contribution is 0.267. The number of rotatable bonds is 5. The molecule has 1 aromatic heterocycles. The number of aryl methyl sites for hydroxylation is 1. The molecule has 0 saturated heterocycles. The summed E-state index contributed by atoms with van der Waals surface area (Å²) in [5.41, 5.74) is 0.854. The van der Waals surface area contributed by atoms with Gasteiger partial charge in [-0.1, -0.05) is 12.8 Å². The summed E-state index contributed by atoms with van der Waals surface area (Å²) in [5.74, 6) is 3.59. The fraction of sp³-hybridized carbons (Fsp3) is 0.500. The maximum Gasteiger partial charge on any atom is 0.226 e. The van der Waals surface area contributed by atoms with Gasteiger partial charge in [0.15, 0.2) is 6.10 Å². The summed E-state index contributed by atoms with van der Waals surface area (Å²) in [6, 6.07) is 1.77. The minimum atomic E-state index is -0.284. The Hall–Kier alpha value is -1.76. The first kappa shape index (κ1) is 12.3. The van der Waals surface area contributed by atoms with Crippen LogP contribution in [0.2, 0.25) is 0 Å². The normalized spacial score (nSPS) is 11.6. The van der Waals surface area contributed by atoms with Crippen molar-refractivity contribution in [2.75, 3.05) is 11.9 Å². The maximum absolute atomic E-state index is 5.44. The highest BCUT2D eigenvalue weighted by atomic mass is 16.5. The molecule has 0 aliphatic rings. The number of aromatic nitrogens is 2. The molecule has 1 aromatic rings. The molecule has 1 heterocycles. The number of hydrogen-bond acceptors (Lipinski definition) is 4. The smallest absolute Gasteiger partial charge is 0.226 e. The van der Waals surface area contributed by atoms with E-state index < -0.39 is 0 Å². The fourth-order valence-electron chi connectivity index (χ4n) is 1.13. The second-order valence-corrected chi connectivity index (χ2v) is 3.52. The molecule has 0 radical (unpaired) electrons. The molecule has 1 unspecified atom stereocenters. The van der Waals surface area contributed by atoms with E-state index in [0.29, 0.717) is 11.8 Å². The van der Waals surface area contributed by atoms with Crippen molar-refractivity contribution in [3.05, 3.63) is 11.8 Å². The van der Waals surface area contributed by atoms with Crippen LogP contribution in [0.15, 0.2) is 6.07 Å². The van der Waals surface area contributed by atoms with Gasteiger partial charge in [-0.25, -0.2) is 4.98 Å². The predicted octanol–water partition coefficient (Wildman–Crippen LogP) is 2.01. The zero-order chi connectivity index (χ0) is 12.0. The first-order chi connectivity index (χ1) is 7.65. The summed E-state index contributed by atoms with van der Waals surface area (Å²) in [5, 5.41) is 3.11. The molecule has 0 aliphatic carbocycles. The van der Waals surface area contributed by atoms with E-state index in [4.69, 9.17) is 11.2 Å². The van der Waals surface area contributed by atoms with Crippen LogP contribution >= 0.6 is 0 Å². The molecule has 4 heteroatoms. The first-order valence-corrected chi connectivity index (χ1v) is 5.38. The van der Waals surface area contributed by atoms with E-state index in [2.05, 4.69) is 28.1 Å². The number of nitrogens with zero attached hydrogens (tertiary/aromatic N) is 2. The summed E-state index contributed by atoms with van der Waals surface area (Å²) in [7, 11) is 0. The van der Waals surface area contributed by atoms with Crippen molar-refractivity contribution in [1.82, 2.24) is 9.97 Å². The molecular weight excluding hydrogens is 202 g/mol.